The molecule has 3 aliphatic heterocycles. The summed E-state index contributed by atoms with van der Waals surface area (Å²) in [4.78, 5) is 0. The maximum absolute atomic E-state index is 11.0. The van der Waals surface area contributed by atoms with E-state index in [2.05, 4.69) is 0 Å². The Hall–Kier alpha value is -0.280. The smallest absolute Gasteiger partial charge is 0.121 e. The highest BCUT2D eigenvalue weighted by Crippen LogP contribution is 2.49. The Kier molecular flexibility index (Phi) is 5.75. The third-order valence-corrected chi connectivity index (χ3v) is 6.02. The minimum absolute atomic E-state index is 0.103. The molecule has 0 radical (unpaired) electrons. The molecule has 0 bridgehead atoms. The summed E-state index contributed by atoms with van der Waals surface area (Å²) in [6, 6.07) is 0. The van der Waals surface area contributed by atoms with Crippen LogP contribution in [0.25, 0.3) is 0 Å². The Morgan fingerprint density at radius 2 is 1.60 bits per heavy atom. The molecule has 0 aromatic carbocycles. The number of ether oxygens (including phenoxy) is 6. The SMILES string of the molecule is COC[C@@]1(O)C[C@@H]2O[C@]3(COC)CCCO[C@H]3C[C@@]2(COC)O[C@H]1C. The monoisotopic (exact) mass is 360 g/mol. The molecule has 0 saturated carbocycles. The molecule has 7 heteroatoms. The molecule has 0 aromatic heterocycles. The Labute approximate surface area is 149 Å². The van der Waals surface area contributed by atoms with Gasteiger partial charge < -0.3 is 33.5 Å². The molecule has 0 aliphatic carbocycles. The molecule has 3 heterocycles. The van der Waals surface area contributed by atoms with Gasteiger partial charge in [0.25, 0.3) is 0 Å². The fourth-order valence-electron chi connectivity index (χ4n) is 4.73. The summed E-state index contributed by atoms with van der Waals surface area (Å²) in [6.07, 6.45) is 2.12. The molecule has 0 unspecified atom stereocenters. The molecule has 7 nitrogen and oxygen atoms in total. The summed E-state index contributed by atoms with van der Waals surface area (Å²) in [5.74, 6) is 0. The number of aliphatic hydroxyl groups is 1. The third kappa shape index (κ3) is 3.36. The first-order valence-corrected chi connectivity index (χ1v) is 9.10. The molecule has 3 fully saturated rings. The van der Waals surface area contributed by atoms with Gasteiger partial charge in [-0.05, 0) is 19.8 Å². The highest BCUT2D eigenvalue weighted by Gasteiger charge is 2.63. The first-order chi connectivity index (χ1) is 11.9. The Balaban J connectivity index is 1.91. The first kappa shape index (κ1) is 19.5. The van der Waals surface area contributed by atoms with Crippen molar-refractivity contribution in [3.05, 3.63) is 0 Å². The maximum atomic E-state index is 11.0. The second-order valence-corrected chi connectivity index (χ2v) is 7.77. The lowest BCUT2D eigenvalue weighted by molar-refractivity contribution is -0.360. The van der Waals surface area contributed by atoms with Gasteiger partial charge in [-0.1, -0.05) is 0 Å². The highest BCUT2D eigenvalue weighted by molar-refractivity contribution is 5.11. The molecular formula is C18H32O7. The van der Waals surface area contributed by atoms with Gasteiger partial charge >= 0.3 is 0 Å². The van der Waals surface area contributed by atoms with Gasteiger partial charge in [-0.15, -0.1) is 0 Å². The van der Waals surface area contributed by atoms with Crippen molar-refractivity contribution in [2.24, 2.45) is 0 Å². The van der Waals surface area contributed by atoms with E-state index in [1.54, 1.807) is 21.3 Å². The Morgan fingerprint density at radius 3 is 2.28 bits per heavy atom. The zero-order valence-electron chi connectivity index (χ0n) is 15.8. The van der Waals surface area contributed by atoms with E-state index in [9.17, 15) is 5.11 Å². The van der Waals surface area contributed by atoms with Gasteiger partial charge in [-0.2, -0.15) is 0 Å². The largest absolute Gasteiger partial charge is 0.385 e. The van der Waals surface area contributed by atoms with Crippen LogP contribution < -0.4 is 0 Å². The maximum Gasteiger partial charge on any atom is 0.121 e. The third-order valence-electron chi connectivity index (χ3n) is 6.02. The molecule has 3 aliphatic rings. The quantitative estimate of drug-likeness (QED) is 0.754. The van der Waals surface area contributed by atoms with E-state index < -0.39 is 16.8 Å². The molecule has 1 N–H and O–H groups in total. The zero-order valence-corrected chi connectivity index (χ0v) is 15.8. The highest BCUT2D eigenvalue weighted by atomic mass is 16.6. The molecule has 25 heavy (non-hydrogen) atoms. The van der Waals surface area contributed by atoms with Crippen molar-refractivity contribution >= 4 is 0 Å². The second kappa shape index (κ2) is 7.38. The summed E-state index contributed by atoms with van der Waals surface area (Å²) < 4.78 is 35.2. The van der Waals surface area contributed by atoms with Gasteiger partial charge in [0.1, 0.15) is 16.8 Å². The fraction of sp³-hybridized carbons (Fsp3) is 1.00. The molecule has 6 atom stereocenters. The van der Waals surface area contributed by atoms with E-state index in [-0.39, 0.29) is 24.9 Å². The average molecular weight is 360 g/mol. The van der Waals surface area contributed by atoms with Gasteiger partial charge in [0.2, 0.25) is 0 Å². The van der Waals surface area contributed by atoms with Crippen molar-refractivity contribution in [1.82, 2.24) is 0 Å². The van der Waals surface area contributed by atoms with Crippen molar-refractivity contribution in [2.45, 2.75) is 67.7 Å². The number of hydrogen-bond acceptors (Lipinski definition) is 7. The normalized spacial score (nSPS) is 47.2. The van der Waals surface area contributed by atoms with Crippen LogP contribution in [-0.2, 0) is 28.4 Å². The molecule has 3 rings (SSSR count). The summed E-state index contributed by atoms with van der Waals surface area (Å²) >= 11 is 0. The summed E-state index contributed by atoms with van der Waals surface area (Å²) in [7, 11) is 4.93. The van der Waals surface area contributed by atoms with Gasteiger partial charge in [-0.25, -0.2) is 0 Å². The fourth-order valence-corrected chi connectivity index (χ4v) is 4.73. The predicted octanol–water partition coefficient (Wildman–Crippen LogP) is 0.911. The molecular weight excluding hydrogens is 328 g/mol. The van der Waals surface area contributed by atoms with Crippen LogP contribution >= 0.6 is 0 Å². The van der Waals surface area contributed by atoms with Crippen LogP contribution in [0.15, 0.2) is 0 Å². The van der Waals surface area contributed by atoms with Crippen LogP contribution in [0, 0.1) is 0 Å². The van der Waals surface area contributed by atoms with E-state index in [0.29, 0.717) is 26.1 Å². The number of methoxy groups -OCH3 is 3. The molecule has 0 spiro atoms. The van der Waals surface area contributed by atoms with E-state index >= 15 is 0 Å². The van der Waals surface area contributed by atoms with Crippen molar-refractivity contribution in [2.75, 3.05) is 47.8 Å². The molecule has 146 valence electrons. The molecule has 0 aromatic rings. The van der Waals surface area contributed by atoms with Crippen LogP contribution in [0.3, 0.4) is 0 Å². The van der Waals surface area contributed by atoms with Gasteiger partial charge in [0.15, 0.2) is 0 Å². The minimum atomic E-state index is -1.09. The van der Waals surface area contributed by atoms with E-state index in [1.807, 2.05) is 6.92 Å². The second-order valence-electron chi connectivity index (χ2n) is 7.77. The van der Waals surface area contributed by atoms with Gasteiger partial charge in [-0.3, -0.25) is 0 Å². The van der Waals surface area contributed by atoms with Crippen LogP contribution in [0.1, 0.15) is 32.6 Å². The van der Waals surface area contributed by atoms with E-state index in [4.69, 9.17) is 28.4 Å². The van der Waals surface area contributed by atoms with Crippen molar-refractivity contribution < 1.29 is 33.5 Å². The van der Waals surface area contributed by atoms with Crippen molar-refractivity contribution in [1.29, 1.82) is 0 Å². The summed E-state index contributed by atoms with van der Waals surface area (Å²) in [5.41, 5.74) is -2.21. The summed E-state index contributed by atoms with van der Waals surface area (Å²) in [6.45, 7) is 3.67. The van der Waals surface area contributed by atoms with Gasteiger partial charge in [0, 0.05) is 40.8 Å². The number of rotatable bonds is 6. The Bertz CT molecular complexity index is 457. The van der Waals surface area contributed by atoms with E-state index in [1.165, 1.54) is 0 Å². The lowest BCUT2D eigenvalue weighted by Crippen LogP contribution is -2.73. The lowest BCUT2D eigenvalue weighted by atomic mass is 9.71. The Morgan fingerprint density at radius 1 is 0.920 bits per heavy atom. The number of hydrogen-bond donors (Lipinski definition) is 1. The van der Waals surface area contributed by atoms with Crippen molar-refractivity contribution in [3.63, 3.8) is 0 Å². The number of fused-ring (bicyclic) bond motifs is 2. The first-order valence-electron chi connectivity index (χ1n) is 9.10. The van der Waals surface area contributed by atoms with E-state index in [0.717, 1.165) is 19.4 Å². The minimum Gasteiger partial charge on any atom is -0.385 e. The van der Waals surface area contributed by atoms with Gasteiger partial charge in [0.05, 0.1) is 38.1 Å². The molecule has 3 saturated heterocycles. The molecule has 0 amide bonds. The average Bonchev–Trinajstić information content (AvgIpc) is 2.55. The summed E-state index contributed by atoms with van der Waals surface area (Å²) in [5, 5.41) is 11.0. The predicted molar refractivity (Wildman–Crippen MR) is 89.7 cm³/mol. The van der Waals surface area contributed by atoms with Crippen LogP contribution in [-0.4, -0.2) is 88.0 Å². The van der Waals surface area contributed by atoms with Crippen molar-refractivity contribution in [3.8, 4) is 0 Å². The topological polar surface area (TPSA) is 75.6 Å². The van der Waals surface area contributed by atoms with Crippen LogP contribution in [0.2, 0.25) is 0 Å². The lowest BCUT2D eigenvalue weighted by Gasteiger charge is -2.60. The standard InChI is InChI=1S/C18H32O7/c1-13-16(19,10-20-2)8-15-18(24-13,12-22-4)9-14-17(25-15,11-21-3)6-5-7-23-14/h13-15,19H,5-12H2,1-4H3/t13-,14-,15-,16-,17-,18-/m0/s1. The van der Waals surface area contributed by atoms with Crippen LogP contribution in [0.4, 0.5) is 0 Å². The zero-order chi connectivity index (χ0) is 18.1. The van der Waals surface area contributed by atoms with Crippen LogP contribution in [0.5, 0.6) is 0 Å².